The van der Waals surface area contributed by atoms with Crippen molar-refractivity contribution in [2.75, 3.05) is 0 Å². The van der Waals surface area contributed by atoms with Gasteiger partial charge in [0.2, 0.25) is 5.82 Å². The molecule has 0 N–H and O–H groups in total. The quantitative estimate of drug-likeness (QED) is 0.525. The zero-order chi connectivity index (χ0) is 10.0. The highest BCUT2D eigenvalue weighted by Crippen LogP contribution is 2.20. The SMILES string of the molecule is CCc1c(F)cnc([N+](=O)[O-])c1F. The van der Waals surface area contributed by atoms with Gasteiger partial charge in [0.1, 0.15) is 0 Å². The predicted molar refractivity (Wildman–Crippen MR) is 40.2 cm³/mol. The molecule has 6 heteroatoms. The average Bonchev–Trinajstić information content (AvgIpc) is 2.04. The van der Waals surface area contributed by atoms with E-state index in [9.17, 15) is 18.9 Å². The number of rotatable bonds is 2. The molecule has 0 amide bonds. The molecule has 0 saturated heterocycles. The number of hydrogen-bond donors (Lipinski definition) is 0. The first-order chi connectivity index (χ1) is 6.07. The second kappa shape index (κ2) is 3.42. The highest BCUT2D eigenvalue weighted by atomic mass is 19.1. The minimum absolute atomic E-state index is 0.0566. The molecule has 0 fully saturated rings. The monoisotopic (exact) mass is 188 g/mol. The molecule has 0 aliphatic rings. The summed E-state index contributed by atoms with van der Waals surface area (Å²) < 4.78 is 25.8. The number of hydrogen-bond acceptors (Lipinski definition) is 3. The summed E-state index contributed by atoms with van der Waals surface area (Å²) in [4.78, 5) is 12.2. The van der Waals surface area contributed by atoms with E-state index in [1.54, 1.807) is 0 Å². The third-order valence-corrected chi connectivity index (χ3v) is 1.58. The lowest BCUT2D eigenvalue weighted by molar-refractivity contribution is -0.392. The van der Waals surface area contributed by atoms with Crippen LogP contribution in [0.5, 0.6) is 0 Å². The zero-order valence-corrected chi connectivity index (χ0v) is 6.75. The molecule has 0 atom stereocenters. The van der Waals surface area contributed by atoms with E-state index in [0.717, 1.165) is 0 Å². The van der Waals surface area contributed by atoms with Crippen LogP contribution >= 0.6 is 0 Å². The third-order valence-electron chi connectivity index (χ3n) is 1.58. The van der Waals surface area contributed by atoms with Gasteiger partial charge >= 0.3 is 5.82 Å². The maximum Gasteiger partial charge on any atom is 0.400 e. The molecule has 0 spiro atoms. The molecule has 0 aliphatic carbocycles. The van der Waals surface area contributed by atoms with Gasteiger partial charge in [-0.3, -0.25) is 0 Å². The molecule has 1 aromatic rings. The fraction of sp³-hybridized carbons (Fsp3) is 0.286. The Labute approximate surface area is 72.4 Å². The summed E-state index contributed by atoms with van der Waals surface area (Å²) in [6.07, 6.45) is 0.709. The molecule has 13 heavy (non-hydrogen) atoms. The van der Waals surface area contributed by atoms with Gasteiger partial charge in [0.25, 0.3) is 0 Å². The molecule has 70 valence electrons. The Morgan fingerprint density at radius 3 is 2.69 bits per heavy atom. The molecule has 0 bridgehead atoms. The highest BCUT2D eigenvalue weighted by molar-refractivity contribution is 5.29. The molecule has 1 heterocycles. The normalized spacial score (nSPS) is 10.1. The van der Waals surface area contributed by atoms with E-state index in [1.165, 1.54) is 6.92 Å². The molecular weight excluding hydrogens is 182 g/mol. The first-order valence-electron chi connectivity index (χ1n) is 3.55. The molecule has 0 saturated carbocycles. The number of nitrogens with zero attached hydrogens (tertiary/aromatic N) is 2. The Kier molecular flexibility index (Phi) is 2.50. The summed E-state index contributed by atoms with van der Waals surface area (Å²) in [6, 6.07) is 0. The number of pyridine rings is 1. The van der Waals surface area contributed by atoms with Gasteiger partial charge in [0, 0.05) is 5.56 Å². The van der Waals surface area contributed by atoms with E-state index in [2.05, 4.69) is 4.98 Å². The molecular formula is C7H6F2N2O2. The summed E-state index contributed by atoms with van der Waals surface area (Å²) in [5.41, 5.74) is -0.304. The molecule has 0 unspecified atom stereocenters. The fourth-order valence-electron chi connectivity index (χ4n) is 0.944. The predicted octanol–water partition coefficient (Wildman–Crippen LogP) is 1.83. The van der Waals surface area contributed by atoms with E-state index >= 15 is 0 Å². The van der Waals surface area contributed by atoms with Gasteiger partial charge in [-0.1, -0.05) is 6.92 Å². The van der Waals surface area contributed by atoms with Crippen molar-refractivity contribution in [1.29, 1.82) is 0 Å². The third kappa shape index (κ3) is 1.61. The molecule has 4 nitrogen and oxygen atoms in total. The second-order valence-corrected chi connectivity index (χ2v) is 2.33. The van der Waals surface area contributed by atoms with Gasteiger partial charge in [0.05, 0.1) is 0 Å². The molecule has 0 radical (unpaired) electrons. The zero-order valence-electron chi connectivity index (χ0n) is 6.75. The smallest absolute Gasteiger partial charge is 0.358 e. The van der Waals surface area contributed by atoms with Crippen molar-refractivity contribution in [3.8, 4) is 0 Å². The van der Waals surface area contributed by atoms with Crippen LogP contribution in [-0.2, 0) is 6.42 Å². The van der Waals surface area contributed by atoms with Gasteiger partial charge in [-0.2, -0.15) is 4.39 Å². The van der Waals surface area contributed by atoms with Crippen LogP contribution in [0.15, 0.2) is 6.20 Å². The van der Waals surface area contributed by atoms with Crippen molar-refractivity contribution < 1.29 is 13.7 Å². The molecule has 1 rings (SSSR count). The van der Waals surface area contributed by atoms with Crippen LogP contribution in [0.4, 0.5) is 14.6 Å². The number of halogens is 2. The van der Waals surface area contributed by atoms with Crippen LogP contribution in [0, 0.1) is 21.7 Å². The van der Waals surface area contributed by atoms with E-state index in [4.69, 9.17) is 0 Å². The topological polar surface area (TPSA) is 56.0 Å². The Balaban J connectivity index is 3.35. The Hall–Kier alpha value is -1.59. The molecule has 0 aromatic carbocycles. The molecule has 1 aromatic heterocycles. The van der Waals surface area contributed by atoms with Crippen molar-refractivity contribution in [2.24, 2.45) is 0 Å². The molecule has 0 aliphatic heterocycles. The van der Waals surface area contributed by atoms with Gasteiger partial charge in [-0.15, -0.1) is 0 Å². The summed E-state index contributed by atoms with van der Waals surface area (Å²) in [5.74, 6) is -2.98. The van der Waals surface area contributed by atoms with E-state index in [-0.39, 0.29) is 12.0 Å². The van der Waals surface area contributed by atoms with Crippen molar-refractivity contribution in [2.45, 2.75) is 13.3 Å². The van der Waals surface area contributed by atoms with Crippen molar-refractivity contribution >= 4 is 5.82 Å². The van der Waals surface area contributed by atoms with Crippen LogP contribution in [-0.4, -0.2) is 9.91 Å². The lowest BCUT2D eigenvalue weighted by Crippen LogP contribution is -2.02. The Morgan fingerprint density at radius 2 is 2.23 bits per heavy atom. The summed E-state index contributed by atoms with van der Waals surface area (Å²) in [7, 11) is 0. The summed E-state index contributed by atoms with van der Waals surface area (Å²) in [5, 5.41) is 10.2. The first-order valence-corrected chi connectivity index (χ1v) is 3.55. The maximum absolute atomic E-state index is 13.0. The van der Waals surface area contributed by atoms with Gasteiger partial charge in [0.15, 0.2) is 12.0 Å². The van der Waals surface area contributed by atoms with Crippen LogP contribution in [0.1, 0.15) is 12.5 Å². The number of nitro groups is 1. The van der Waals surface area contributed by atoms with Crippen LogP contribution in [0.25, 0.3) is 0 Å². The summed E-state index contributed by atoms with van der Waals surface area (Å²) in [6.45, 7) is 1.51. The van der Waals surface area contributed by atoms with Gasteiger partial charge in [-0.25, -0.2) is 4.39 Å². The first kappa shape index (κ1) is 9.50. The summed E-state index contributed by atoms with van der Waals surface area (Å²) >= 11 is 0. The van der Waals surface area contributed by atoms with Gasteiger partial charge in [-0.05, 0) is 16.3 Å². The van der Waals surface area contributed by atoms with Crippen molar-refractivity contribution in [3.05, 3.63) is 33.5 Å². The Bertz CT molecular complexity index is 355. The van der Waals surface area contributed by atoms with Crippen LogP contribution < -0.4 is 0 Å². The van der Waals surface area contributed by atoms with Gasteiger partial charge < -0.3 is 10.1 Å². The lowest BCUT2D eigenvalue weighted by Gasteiger charge is -1.99. The second-order valence-electron chi connectivity index (χ2n) is 2.33. The largest absolute Gasteiger partial charge is 0.400 e. The lowest BCUT2D eigenvalue weighted by atomic mass is 10.2. The minimum Gasteiger partial charge on any atom is -0.358 e. The van der Waals surface area contributed by atoms with Crippen molar-refractivity contribution in [3.63, 3.8) is 0 Å². The maximum atomic E-state index is 13.0. The fourth-order valence-corrected chi connectivity index (χ4v) is 0.944. The van der Waals surface area contributed by atoms with E-state index < -0.39 is 22.4 Å². The van der Waals surface area contributed by atoms with E-state index in [0.29, 0.717) is 6.20 Å². The average molecular weight is 188 g/mol. The minimum atomic E-state index is -1.19. The van der Waals surface area contributed by atoms with Crippen molar-refractivity contribution in [1.82, 2.24) is 4.98 Å². The Morgan fingerprint density at radius 1 is 1.62 bits per heavy atom. The highest BCUT2D eigenvalue weighted by Gasteiger charge is 2.22. The van der Waals surface area contributed by atoms with Crippen LogP contribution in [0.3, 0.4) is 0 Å². The van der Waals surface area contributed by atoms with E-state index in [1.807, 2.05) is 0 Å². The van der Waals surface area contributed by atoms with Crippen LogP contribution in [0.2, 0.25) is 0 Å². The number of aromatic nitrogens is 1. The standard InChI is InChI=1S/C7H6F2N2O2/c1-2-4-5(8)3-10-7(6(4)9)11(12)13/h3H,2H2,1H3.